The van der Waals surface area contributed by atoms with Gasteiger partial charge in [-0.1, -0.05) is 26.0 Å². The Labute approximate surface area is 298 Å². The smallest absolute Gasteiger partial charge is 0.326 e. The van der Waals surface area contributed by atoms with Crippen LogP contribution in [0.1, 0.15) is 51.5 Å². The summed E-state index contributed by atoms with van der Waals surface area (Å²) < 4.78 is 0. The summed E-state index contributed by atoms with van der Waals surface area (Å²) in [5.41, 5.74) is 16.4. The van der Waals surface area contributed by atoms with Crippen LogP contribution >= 0.6 is 0 Å². The van der Waals surface area contributed by atoms with Gasteiger partial charge in [0.15, 0.2) is 5.96 Å². The Hall–Kier alpha value is -5.99. The van der Waals surface area contributed by atoms with Crippen molar-refractivity contribution in [3.63, 3.8) is 0 Å². The highest BCUT2D eigenvalue weighted by molar-refractivity contribution is 5.97. The van der Waals surface area contributed by atoms with Crippen LogP contribution in [0.3, 0.4) is 0 Å². The molecule has 21 heteroatoms. The minimum absolute atomic E-state index is 0.0397. The second-order valence-electron chi connectivity index (χ2n) is 11.9. The fraction of sp³-hybridized carbons (Fsp3) is 0.516. The van der Waals surface area contributed by atoms with Crippen molar-refractivity contribution in [2.45, 2.75) is 82.6 Å². The number of amides is 5. The zero-order chi connectivity index (χ0) is 39.5. The number of aromatic hydroxyl groups is 1. The molecule has 21 nitrogen and oxygen atoms in total. The standard InChI is InChI=1S/C31H47N9O12/c1-15(2)25(29(50)39-21(30(51)52)12-16-5-7-17(41)8-6-16)40-28(49)20(13-24(45)46)38-27(48)19(9-10-23(43)44)37-26(47)18(36-22(42)14-32)4-3-11-35-31(33)34/h5-8,15,18-21,25,41H,3-4,9-14,32H2,1-2H3,(H,36,42)(H,37,47)(H,38,48)(H,39,50)(H,40,49)(H,43,44)(H,45,46)(H,51,52)(H4,33,34,35)/t18-,19-,20-,21-,25-/m0/s1. The van der Waals surface area contributed by atoms with E-state index in [9.17, 15) is 58.8 Å². The number of hydrogen-bond donors (Lipinski definition) is 12. The molecule has 52 heavy (non-hydrogen) atoms. The van der Waals surface area contributed by atoms with E-state index in [0.29, 0.717) is 5.56 Å². The number of rotatable bonds is 23. The van der Waals surface area contributed by atoms with Crippen LogP contribution in [0, 0.1) is 5.92 Å². The van der Waals surface area contributed by atoms with Gasteiger partial charge in [0.1, 0.15) is 36.0 Å². The fourth-order valence-corrected chi connectivity index (χ4v) is 4.61. The zero-order valence-electron chi connectivity index (χ0n) is 28.7. The number of aliphatic carboxylic acids is 3. The Kier molecular flexibility index (Phi) is 18.6. The lowest BCUT2D eigenvalue weighted by Gasteiger charge is -2.27. The Morgan fingerprint density at radius 1 is 0.712 bits per heavy atom. The number of nitrogens with one attached hydrogen (secondary N) is 5. The monoisotopic (exact) mass is 737 g/mol. The molecule has 0 aliphatic heterocycles. The maximum atomic E-state index is 13.4. The lowest BCUT2D eigenvalue weighted by atomic mass is 10.0. The minimum atomic E-state index is -1.86. The fourth-order valence-electron chi connectivity index (χ4n) is 4.61. The van der Waals surface area contributed by atoms with Gasteiger partial charge in [-0.25, -0.2) is 4.79 Å². The molecule has 1 rings (SSSR count). The molecule has 288 valence electrons. The van der Waals surface area contributed by atoms with Gasteiger partial charge in [-0.3, -0.25) is 38.6 Å². The van der Waals surface area contributed by atoms with Crippen LogP contribution in [0.25, 0.3) is 0 Å². The molecule has 0 fully saturated rings. The summed E-state index contributed by atoms with van der Waals surface area (Å²) in [6.45, 7) is 2.61. The van der Waals surface area contributed by atoms with Crippen molar-refractivity contribution in [2.24, 2.45) is 28.1 Å². The summed E-state index contributed by atoms with van der Waals surface area (Å²) in [7, 11) is 0. The number of aliphatic imine (C=N–C) groups is 1. The van der Waals surface area contributed by atoms with Crippen molar-refractivity contribution < 1.29 is 58.8 Å². The van der Waals surface area contributed by atoms with Gasteiger partial charge in [0.2, 0.25) is 29.5 Å². The van der Waals surface area contributed by atoms with E-state index in [4.69, 9.17) is 17.2 Å². The molecule has 0 aliphatic carbocycles. The topological polar surface area (TPSA) is 368 Å². The van der Waals surface area contributed by atoms with Crippen LogP contribution in [0.15, 0.2) is 29.3 Å². The molecular weight excluding hydrogens is 690 g/mol. The average Bonchev–Trinajstić information content (AvgIpc) is 3.05. The lowest BCUT2D eigenvalue weighted by molar-refractivity contribution is -0.143. The van der Waals surface area contributed by atoms with Crippen molar-refractivity contribution in [3.05, 3.63) is 29.8 Å². The second kappa shape index (κ2) is 22.0. The first-order valence-electron chi connectivity index (χ1n) is 16.0. The van der Waals surface area contributed by atoms with Gasteiger partial charge < -0.3 is 64.2 Å². The Morgan fingerprint density at radius 3 is 1.75 bits per heavy atom. The van der Waals surface area contributed by atoms with E-state index < -0.39 is 109 Å². The Morgan fingerprint density at radius 2 is 1.25 bits per heavy atom. The van der Waals surface area contributed by atoms with E-state index in [1.54, 1.807) is 0 Å². The average molecular weight is 738 g/mol. The number of nitrogens with zero attached hydrogens (tertiary/aromatic N) is 1. The van der Waals surface area contributed by atoms with Gasteiger partial charge in [0, 0.05) is 19.4 Å². The molecule has 0 radical (unpaired) electrons. The van der Waals surface area contributed by atoms with E-state index in [1.807, 2.05) is 0 Å². The van der Waals surface area contributed by atoms with E-state index in [-0.39, 0.29) is 37.5 Å². The quantitative estimate of drug-likeness (QED) is 0.0294. The third-order valence-corrected chi connectivity index (χ3v) is 7.31. The minimum Gasteiger partial charge on any atom is -0.508 e. The van der Waals surface area contributed by atoms with Gasteiger partial charge in [-0.15, -0.1) is 0 Å². The van der Waals surface area contributed by atoms with Gasteiger partial charge in [0.05, 0.1) is 13.0 Å². The third-order valence-electron chi connectivity index (χ3n) is 7.31. The van der Waals surface area contributed by atoms with Crippen LogP contribution in [-0.2, 0) is 44.8 Å². The molecule has 1 aromatic carbocycles. The van der Waals surface area contributed by atoms with Gasteiger partial charge in [-0.2, -0.15) is 0 Å². The molecule has 0 unspecified atom stereocenters. The summed E-state index contributed by atoms with van der Waals surface area (Å²) in [4.78, 5) is 104. The van der Waals surface area contributed by atoms with Crippen LogP contribution in [-0.4, -0.2) is 117 Å². The second-order valence-corrected chi connectivity index (χ2v) is 11.9. The zero-order valence-corrected chi connectivity index (χ0v) is 28.7. The van der Waals surface area contributed by atoms with Gasteiger partial charge in [0.25, 0.3) is 0 Å². The number of nitrogens with two attached hydrogens (primary N) is 3. The number of carbonyl (C=O) groups is 8. The van der Waals surface area contributed by atoms with Crippen molar-refractivity contribution in [1.29, 1.82) is 0 Å². The highest BCUT2D eigenvalue weighted by atomic mass is 16.4. The van der Waals surface area contributed by atoms with Gasteiger partial charge in [-0.05, 0) is 42.9 Å². The molecule has 0 saturated carbocycles. The molecule has 15 N–H and O–H groups in total. The van der Waals surface area contributed by atoms with Crippen molar-refractivity contribution in [2.75, 3.05) is 13.1 Å². The molecule has 5 atom stereocenters. The molecule has 0 aliphatic rings. The van der Waals surface area contributed by atoms with Crippen LogP contribution in [0.5, 0.6) is 5.75 Å². The maximum Gasteiger partial charge on any atom is 0.326 e. The predicted molar refractivity (Wildman–Crippen MR) is 182 cm³/mol. The SMILES string of the molecule is CC(C)[C@H](NC(=O)[C@H](CC(=O)O)NC(=O)[C@H](CCC(=O)O)NC(=O)[C@H](CCCN=C(N)N)NC(=O)CN)C(=O)N[C@@H](Cc1ccc(O)cc1)C(=O)O. The molecule has 5 amide bonds. The maximum absolute atomic E-state index is 13.4. The van der Waals surface area contributed by atoms with Gasteiger partial charge >= 0.3 is 17.9 Å². The Balaban J connectivity index is 3.22. The first-order chi connectivity index (χ1) is 24.3. The van der Waals surface area contributed by atoms with Crippen LogP contribution in [0.2, 0.25) is 0 Å². The molecule has 0 bridgehead atoms. The molecule has 0 saturated heterocycles. The normalized spacial score (nSPS) is 13.6. The summed E-state index contributed by atoms with van der Waals surface area (Å²) in [6.07, 6.45) is -2.22. The Bertz CT molecular complexity index is 1470. The van der Waals surface area contributed by atoms with E-state index in [1.165, 1.54) is 38.1 Å². The molecule has 0 heterocycles. The van der Waals surface area contributed by atoms with Crippen molar-refractivity contribution >= 4 is 53.4 Å². The highest BCUT2D eigenvalue weighted by Gasteiger charge is 2.34. The van der Waals surface area contributed by atoms with Crippen molar-refractivity contribution in [1.82, 2.24) is 26.6 Å². The largest absolute Gasteiger partial charge is 0.508 e. The van der Waals surface area contributed by atoms with E-state index in [0.717, 1.165) is 0 Å². The lowest BCUT2D eigenvalue weighted by Crippen LogP contribution is -2.60. The summed E-state index contributed by atoms with van der Waals surface area (Å²) in [5, 5.41) is 49.4. The number of phenolic OH excluding ortho intramolecular Hbond substituents is 1. The highest BCUT2D eigenvalue weighted by Crippen LogP contribution is 2.13. The first-order valence-corrected chi connectivity index (χ1v) is 16.0. The summed E-state index contributed by atoms with van der Waals surface area (Å²) >= 11 is 0. The van der Waals surface area contributed by atoms with Crippen molar-refractivity contribution in [3.8, 4) is 5.75 Å². The molecule has 1 aromatic rings. The summed E-state index contributed by atoms with van der Waals surface area (Å²) in [5.74, 6) is -10.2. The number of carbonyl (C=O) groups excluding carboxylic acids is 5. The molecule has 0 aromatic heterocycles. The number of carboxylic acids is 3. The number of phenols is 1. The van der Waals surface area contributed by atoms with E-state index >= 15 is 0 Å². The third kappa shape index (κ3) is 16.6. The molecular formula is C31H47N9O12. The predicted octanol–water partition coefficient (Wildman–Crippen LogP) is -3.55. The number of carboxylic acid groups (broad SMARTS) is 3. The molecule has 0 spiro atoms. The van der Waals surface area contributed by atoms with Crippen LogP contribution in [0.4, 0.5) is 0 Å². The van der Waals surface area contributed by atoms with E-state index in [2.05, 4.69) is 31.6 Å². The number of benzene rings is 1. The number of hydrogen-bond acceptors (Lipinski definition) is 11. The summed E-state index contributed by atoms with van der Waals surface area (Å²) in [6, 6.07) is -2.10. The van der Waals surface area contributed by atoms with Crippen LogP contribution < -0.4 is 43.8 Å². The number of guanidine groups is 1. The first kappa shape index (κ1) is 44.0.